The Kier molecular flexibility index (Phi) is 4.67. The van der Waals surface area contributed by atoms with E-state index in [4.69, 9.17) is 15.2 Å². The van der Waals surface area contributed by atoms with Crippen LogP contribution in [0.25, 0.3) is 0 Å². The number of nitrogens with zero attached hydrogens (tertiary/aromatic N) is 1. The van der Waals surface area contributed by atoms with Crippen molar-refractivity contribution >= 4 is 5.69 Å². The Morgan fingerprint density at radius 1 is 1.28 bits per heavy atom. The molecule has 1 aliphatic carbocycles. The van der Waals surface area contributed by atoms with E-state index in [9.17, 15) is 0 Å². The summed E-state index contributed by atoms with van der Waals surface area (Å²) in [6.45, 7) is 3.43. The van der Waals surface area contributed by atoms with Crippen LogP contribution in [-0.4, -0.2) is 18.2 Å². The first kappa shape index (κ1) is 13.0. The lowest BCUT2D eigenvalue weighted by molar-refractivity contribution is 0.237. The summed E-state index contributed by atoms with van der Waals surface area (Å²) >= 11 is 0. The van der Waals surface area contributed by atoms with Crippen molar-refractivity contribution in [2.75, 3.05) is 18.9 Å². The predicted molar refractivity (Wildman–Crippen MR) is 71.9 cm³/mol. The summed E-state index contributed by atoms with van der Waals surface area (Å²) in [4.78, 5) is 4.30. The van der Waals surface area contributed by atoms with E-state index in [0.29, 0.717) is 30.0 Å². The molecule has 1 fully saturated rings. The highest BCUT2D eigenvalue weighted by Crippen LogP contribution is 2.27. The molecule has 0 aromatic carbocycles. The van der Waals surface area contributed by atoms with Gasteiger partial charge >= 0.3 is 0 Å². The van der Waals surface area contributed by atoms with Gasteiger partial charge in [0, 0.05) is 6.07 Å². The summed E-state index contributed by atoms with van der Waals surface area (Å²) in [6, 6.07) is 3.60. The molecule has 0 unspecified atom stereocenters. The van der Waals surface area contributed by atoms with E-state index in [1.165, 1.54) is 25.7 Å². The molecule has 1 aliphatic rings. The van der Waals surface area contributed by atoms with E-state index in [1.807, 2.05) is 6.07 Å². The monoisotopic (exact) mass is 250 g/mol. The summed E-state index contributed by atoms with van der Waals surface area (Å²) in [6.07, 6.45) is 6.14. The Bertz CT molecular complexity index is 376. The largest absolute Gasteiger partial charge is 0.477 e. The number of pyridine rings is 1. The fourth-order valence-electron chi connectivity index (χ4n) is 2.21. The molecule has 4 heteroatoms. The third-order valence-corrected chi connectivity index (χ3v) is 3.25. The maximum Gasteiger partial charge on any atom is 0.240 e. The number of hydrogen-bond donors (Lipinski definition) is 1. The van der Waals surface area contributed by atoms with Crippen LogP contribution in [0, 0.1) is 5.92 Å². The van der Waals surface area contributed by atoms with E-state index in [0.717, 1.165) is 13.0 Å². The van der Waals surface area contributed by atoms with Gasteiger partial charge in [0.15, 0.2) is 0 Å². The summed E-state index contributed by atoms with van der Waals surface area (Å²) < 4.78 is 11.2. The molecule has 0 spiro atoms. The summed E-state index contributed by atoms with van der Waals surface area (Å²) in [5, 5.41) is 0. The molecular weight excluding hydrogens is 228 g/mol. The molecule has 0 atom stereocenters. The van der Waals surface area contributed by atoms with Gasteiger partial charge in [-0.3, -0.25) is 0 Å². The van der Waals surface area contributed by atoms with Crippen LogP contribution in [0.3, 0.4) is 0 Å². The van der Waals surface area contributed by atoms with Crippen LogP contribution in [0.1, 0.15) is 39.0 Å². The minimum Gasteiger partial charge on any atom is -0.477 e. The highest BCUT2D eigenvalue weighted by molar-refractivity contribution is 5.49. The molecule has 1 saturated carbocycles. The van der Waals surface area contributed by atoms with Crippen LogP contribution in [0.4, 0.5) is 5.69 Å². The molecule has 1 heterocycles. The molecule has 0 aliphatic heterocycles. The van der Waals surface area contributed by atoms with Gasteiger partial charge in [-0.15, -0.1) is 0 Å². The number of ether oxygens (including phenoxy) is 2. The van der Waals surface area contributed by atoms with Crippen molar-refractivity contribution in [3.63, 3.8) is 0 Å². The average molecular weight is 250 g/mol. The molecule has 1 aromatic heterocycles. The first-order valence-corrected chi connectivity index (χ1v) is 6.81. The molecular formula is C14H22N2O2. The van der Waals surface area contributed by atoms with Crippen LogP contribution >= 0.6 is 0 Å². The Morgan fingerprint density at radius 2 is 2.06 bits per heavy atom. The zero-order valence-electron chi connectivity index (χ0n) is 11.0. The second-order valence-corrected chi connectivity index (χ2v) is 4.85. The van der Waals surface area contributed by atoms with E-state index < -0.39 is 0 Å². The molecule has 0 radical (unpaired) electrons. The number of rotatable bonds is 6. The van der Waals surface area contributed by atoms with E-state index in [1.54, 1.807) is 6.07 Å². The molecule has 1 aromatic rings. The van der Waals surface area contributed by atoms with Crippen molar-refractivity contribution in [2.45, 2.75) is 39.0 Å². The maximum atomic E-state index is 5.81. The fraction of sp³-hybridized carbons (Fsp3) is 0.643. The zero-order valence-corrected chi connectivity index (χ0v) is 11.0. The van der Waals surface area contributed by atoms with Crippen LogP contribution in [0.5, 0.6) is 11.8 Å². The van der Waals surface area contributed by atoms with Crippen molar-refractivity contribution in [1.82, 2.24) is 4.98 Å². The average Bonchev–Trinajstić information content (AvgIpc) is 2.89. The highest BCUT2D eigenvalue weighted by Gasteiger charge is 2.16. The van der Waals surface area contributed by atoms with Gasteiger partial charge in [0.2, 0.25) is 11.8 Å². The second kappa shape index (κ2) is 6.47. The Balaban J connectivity index is 1.91. The summed E-state index contributed by atoms with van der Waals surface area (Å²) in [7, 11) is 0. The topological polar surface area (TPSA) is 57.4 Å². The van der Waals surface area contributed by atoms with Crippen molar-refractivity contribution in [1.29, 1.82) is 0 Å². The van der Waals surface area contributed by atoms with Gasteiger partial charge in [0.1, 0.15) is 0 Å². The molecule has 18 heavy (non-hydrogen) atoms. The van der Waals surface area contributed by atoms with E-state index in [2.05, 4.69) is 11.9 Å². The maximum absolute atomic E-state index is 5.81. The van der Waals surface area contributed by atoms with Crippen molar-refractivity contribution < 1.29 is 9.47 Å². The molecule has 0 amide bonds. The van der Waals surface area contributed by atoms with E-state index in [-0.39, 0.29) is 0 Å². The van der Waals surface area contributed by atoms with E-state index >= 15 is 0 Å². The second-order valence-electron chi connectivity index (χ2n) is 4.85. The minimum atomic E-state index is 0.487. The molecule has 2 N–H and O–H groups in total. The Morgan fingerprint density at radius 3 is 2.78 bits per heavy atom. The minimum absolute atomic E-state index is 0.487. The third kappa shape index (κ3) is 3.52. The molecule has 2 rings (SSSR count). The SMILES string of the molecule is CCCOc1nc(OCC2CCCC2)ccc1N. The van der Waals surface area contributed by atoms with Gasteiger partial charge in [-0.2, -0.15) is 4.98 Å². The third-order valence-electron chi connectivity index (χ3n) is 3.25. The van der Waals surface area contributed by atoms with Crippen molar-refractivity contribution in [2.24, 2.45) is 5.92 Å². The molecule has 0 saturated heterocycles. The molecule has 4 nitrogen and oxygen atoms in total. The first-order chi connectivity index (χ1) is 8.79. The lowest BCUT2D eigenvalue weighted by Crippen LogP contribution is -2.10. The van der Waals surface area contributed by atoms with Gasteiger partial charge in [-0.25, -0.2) is 0 Å². The Hall–Kier alpha value is -1.45. The lowest BCUT2D eigenvalue weighted by atomic mass is 10.1. The quantitative estimate of drug-likeness (QED) is 0.843. The zero-order chi connectivity index (χ0) is 12.8. The summed E-state index contributed by atoms with van der Waals surface area (Å²) in [5.41, 5.74) is 6.37. The van der Waals surface area contributed by atoms with Gasteiger partial charge in [-0.1, -0.05) is 19.8 Å². The van der Waals surface area contributed by atoms with Crippen molar-refractivity contribution in [3.05, 3.63) is 12.1 Å². The predicted octanol–water partition coefficient (Wildman–Crippen LogP) is 3.02. The fourth-order valence-corrected chi connectivity index (χ4v) is 2.21. The van der Waals surface area contributed by atoms with Gasteiger partial charge in [0.05, 0.1) is 18.9 Å². The lowest BCUT2D eigenvalue weighted by Gasteiger charge is -2.12. The Labute approximate surface area is 108 Å². The standard InChI is InChI=1S/C14H22N2O2/c1-2-9-17-14-12(15)7-8-13(16-14)18-10-11-5-3-4-6-11/h7-8,11H,2-6,9-10,15H2,1H3. The highest BCUT2D eigenvalue weighted by atomic mass is 16.5. The van der Waals surface area contributed by atoms with Crippen LogP contribution < -0.4 is 15.2 Å². The summed E-state index contributed by atoms with van der Waals surface area (Å²) in [5.74, 6) is 1.78. The number of anilines is 1. The van der Waals surface area contributed by atoms with Gasteiger partial charge in [0.25, 0.3) is 0 Å². The van der Waals surface area contributed by atoms with Crippen LogP contribution in [0.2, 0.25) is 0 Å². The number of nitrogens with two attached hydrogens (primary N) is 1. The number of aromatic nitrogens is 1. The van der Waals surface area contributed by atoms with Gasteiger partial charge < -0.3 is 15.2 Å². The molecule has 0 bridgehead atoms. The van der Waals surface area contributed by atoms with Crippen molar-refractivity contribution in [3.8, 4) is 11.8 Å². The smallest absolute Gasteiger partial charge is 0.240 e. The normalized spacial score (nSPS) is 15.8. The van der Waals surface area contributed by atoms with Crippen LogP contribution in [0.15, 0.2) is 12.1 Å². The van der Waals surface area contributed by atoms with Gasteiger partial charge in [-0.05, 0) is 31.2 Å². The number of nitrogen functional groups attached to an aromatic ring is 1. The van der Waals surface area contributed by atoms with Crippen LogP contribution in [-0.2, 0) is 0 Å². The number of hydrogen-bond acceptors (Lipinski definition) is 4. The molecule has 100 valence electrons. The first-order valence-electron chi connectivity index (χ1n) is 6.81.